The normalized spacial score (nSPS) is 10.4. The molecular weight excluding hydrogens is 216 g/mol. The van der Waals surface area contributed by atoms with E-state index in [1.165, 1.54) is 32.4 Å². The minimum atomic E-state index is -0.653. The topological polar surface area (TPSA) is 101 Å². The van der Waals surface area contributed by atoms with Crippen molar-refractivity contribution < 1.29 is 14.1 Å². The van der Waals surface area contributed by atoms with Crippen molar-refractivity contribution in [3.05, 3.63) is 28.0 Å². The van der Waals surface area contributed by atoms with Crippen molar-refractivity contribution in [2.24, 2.45) is 5.10 Å². The first-order chi connectivity index (χ1) is 7.54. The lowest BCUT2D eigenvalue weighted by molar-refractivity contribution is -0.402. The van der Waals surface area contributed by atoms with Crippen molar-refractivity contribution >= 4 is 18.1 Å². The van der Waals surface area contributed by atoms with Crippen LogP contribution in [-0.4, -0.2) is 36.3 Å². The first-order valence-electron chi connectivity index (χ1n) is 4.28. The first-order valence-corrected chi connectivity index (χ1v) is 4.28. The van der Waals surface area contributed by atoms with Crippen LogP contribution in [0.5, 0.6) is 0 Å². The lowest BCUT2D eigenvalue weighted by atomic mass is 10.5. The highest BCUT2D eigenvalue weighted by Crippen LogP contribution is 2.13. The van der Waals surface area contributed by atoms with Crippen molar-refractivity contribution in [2.75, 3.05) is 14.1 Å². The number of nitrogens with zero attached hydrogens (tertiary/aromatic N) is 3. The number of urea groups is 1. The number of hydrogen-bond acceptors (Lipinski definition) is 5. The minimum absolute atomic E-state index is 0.197. The lowest BCUT2D eigenvalue weighted by Crippen LogP contribution is -2.30. The van der Waals surface area contributed by atoms with Gasteiger partial charge >= 0.3 is 11.9 Å². The number of hydrazone groups is 1. The Morgan fingerprint density at radius 2 is 2.38 bits per heavy atom. The number of carbonyl (C=O) groups is 1. The molecule has 1 rings (SSSR count). The van der Waals surface area contributed by atoms with Crippen LogP contribution in [0.25, 0.3) is 0 Å². The van der Waals surface area contributed by atoms with E-state index in [2.05, 4.69) is 10.4 Å². The summed E-state index contributed by atoms with van der Waals surface area (Å²) in [5.41, 5.74) is 0. The van der Waals surface area contributed by atoms with Crippen LogP contribution < -0.4 is 5.32 Å². The van der Waals surface area contributed by atoms with Gasteiger partial charge < -0.3 is 9.73 Å². The van der Waals surface area contributed by atoms with Gasteiger partial charge in [-0.3, -0.25) is 10.1 Å². The summed E-state index contributed by atoms with van der Waals surface area (Å²) in [6.45, 7) is 0. The summed E-state index contributed by atoms with van der Waals surface area (Å²) in [5, 5.41) is 17.4. The molecule has 0 aliphatic heterocycles. The Kier molecular flexibility index (Phi) is 3.59. The van der Waals surface area contributed by atoms with Gasteiger partial charge in [-0.2, -0.15) is 5.10 Å². The van der Waals surface area contributed by atoms with E-state index in [1.54, 1.807) is 0 Å². The molecule has 0 atom stereocenters. The zero-order valence-corrected chi connectivity index (χ0v) is 8.71. The smallest absolute Gasteiger partial charge is 0.400 e. The van der Waals surface area contributed by atoms with Crippen LogP contribution in [0.2, 0.25) is 0 Å². The number of amides is 2. The van der Waals surface area contributed by atoms with Crippen molar-refractivity contribution in [3.63, 3.8) is 0 Å². The lowest BCUT2D eigenvalue weighted by Gasteiger charge is -2.08. The van der Waals surface area contributed by atoms with Crippen LogP contribution in [0.3, 0.4) is 0 Å². The van der Waals surface area contributed by atoms with Crippen molar-refractivity contribution in [2.45, 2.75) is 0 Å². The van der Waals surface area contributed by atoms with Gasteiger partial charge in [0.15, 0.2) is 5.76 Å². The summed E-state index contributed by atoms with van der Waals surface area (Å²) in [4.78, 5) is 20.7. The third-order valence-electron chi connectivity index (χ3n) is 1.66. The SMILES string of the molecule is CNC(=O)N(C)/N=C\c1ccc([N+](=O)[O-])o1. The molecule has 8 nitrogen and oxygen atoms in total. The summed E-state index contributed by atoms with van der Waals surface area (Å²) >= 11 is 0. The van der Waals surface area contributed by atoms with E-state index >= 15 is 0 Å². The van der Waals surface area contributed by atoms with Crippen LogP contribution in [0, 0.1) is 10.1 Å². The van der Waals surface area contributed by atoms with Crippen LogP contribution in [0.4, 0.5) is 10.7 Å². The summed E-state index contributed by atoms with van der Waals surface area (Å²) in [6.07, 6.45) is 1.21. The largest absolute Gasteiger partial charge is 0.433 e. The summed E-state index contributed by atoms with van der Waals surface area (Å²) < 4.78 is 4.80. The van der Waals surface area contributed by atoms with Gasteiger partial charge in [0.25, 0.3) is 0 Å². The maximum absolute atomic E-state index is 11.0. The van der Waals surface area contributed by atoms with E-state index < -0.39 is 11.0 Å². The predicted molar refractivity (Wildman–Crippen MR) is 55.2 cm³/mol. The number of carbonyl (C=O) groups excluding carboxylic acids is 1. The molecule has 1 N–H and O–H groups in total. The van der Waals surface area contributed by atoms with E-state index in [4.69, 9.17) is 4.42 Å². The van der Waals surface area contributed by atoms with Gasteiger partial charge in [-0.05, 0) is 6.07 Å². The fraction of sp³-hybridized carbons (Fsp3) is 0.250. The first kappa shape index (κ1) is 11.7. The van der Waals surface area contributed by atoms with E-state index in [0.717, 1.165) is 5.01 Å². The Labute approximate surface area is 90.7 Å². The second-order valence-electron chi connectivity index (χ2n) is 2.76. The van der Waals surface area contributed by atoms with Crippen LogP contribution in [-0.2, 0) is 0 Å². The highest BCUT2D eigenvalue weighted by molar-refractivity contribution is 5.79. The molecule has 0 aliphatic rings. The summed E-state index contributed by atoms with van der Waals surface area (Å²) in [5.74, 6) is -0.175. The highest BCUT2D eigenvalue weighted by Gasteiger charge is 2.10. The zero-order valence-electron chi connectivity index (χ0n) is 8.71. The molecule has 1 aromatic rings. The minimum Gasteiger partial charge on any atom is -0.400 e. The molecule has 0 radical (unpaired) electrons. The number of hydrogen-bond donors (Lipinski definition) is 1. The molecule has 0 unspecified atom stereocenters. The molecule has 0 aromatic carbocycles. The number of nitrogens with one attached hydrogen (secondary N) is 1. The third kappa shape index (κ3) is 2.80. The molecule has 8 heteroatoms. The average Bonchev–Trinajstić information content (AvgIpc) is 2.73. The van der Waals surface area contributed by atoms with Crippen molar-refractivity contribution in [1.82, 2.24) is 10.3 Å². The fourth-order valence-electron chi connectivity index (χ4n) is 0.867. The van der Waals surface area contributed by atoms with Crippen LogP contribution in [0.15, 0.2) is 21.7 Å². The number of nitro groups is 1. The van der Waals surface area contributed by atoms with Gasteiger partial charge in [-0.15, -0.1) is 0 Å². The fourth-order valence-corrected chi connectivity index (χ4v) is 0.867. The number of rotatable bonds is 3. The van der Waals surface area contributed by atoms with Gasteiger partial charge in [-0.25, -0.2) is 9.80 Å². The molecule has 0 aliphatic carbocycles. The Hall–Kier alpha value is -2.38. The number of furan rings is 1. The van der Waals surface area contributed by atoms with Gasteiger partial charge in [0, 0.05) is 14.1 Å². The van der Waals surface area contributed by atoms with Crippen molar-refractivity contribution in [1.29, 1.82) is 0 Å². The predicted octanol–water partition coefficient (Wildman–Crippen LogP) is 0.793. The van der Waals surface area contributed by atoms with E-state index in [-0.39, 0.29) is 11.6 Å². The zero-order chi connectivity index (χ0) is 12.1. The molecule has 0 fully saturated rings. The van der Waals surface area contributed by atoms with E-state index in [1.807, 2.05) is 0 Å². The molecule has 86 valence electrons. The maximum atomic E-state index is 11.0. The molecule has 1 aromatic heterocycles. The summed E-state index contributed by atoms with van der Waals surface area (Å²) in [6, 6.07) is 2.19. The van der Waals surface area contributed by atoms with Gasteiger partial charge in [0.1, 0.15) is 4.92 Å². The molecule has 2 amide bonds. The quantitative estimate of drug-likeness (QED) is 0.467. The third-order valence-corrected chi connectivity index (χ3v) is 1.66. The standard InChI is InChI=1S/C8H10N4O4/c1-9-8(13)11(2)10-5-6-3-4-7(16-6)12(14)15/h3-5H,1-2H3,(H,9,13)/b10-5-. The van der Waals surface area contributed by atoms with Gasteiger partial charge in [0.05, 0.1) is 12.3 Å². The molecule has 0 saturated heterocycles. The van der Waals surface area contributed by atoms with E-state index in [0.29, 0.717) is 0 Å². The van der Waals surface area contributed by atoms with Gasteiger partial charge in [0.2, 0.25) is 0 Å². The molecule has 16 heavy (non-hydrogen) atoms. The Morgan fingerprint density at radius 1 is 1.69 bits per heavy atom. The Morgan fingerprint density at radius 3 is 2.88 bits per heavy atom. The molecule has 1 heterocycles. The van der Waals surface area contributed by atoms with Crippen molar-refractivity contribution in [3.8, 4) is 0 Å². The molecule has 0 saturated carbocycles. The monoisotopic (exact) mass is 226 g/mol. The second-order valence-corrected chi connectivity index (χ2v) is 2.76. The maximum Gasteiger partial charge on any atom is 0.433 e. The molecular formula is C8H10N4O4. The van der Waals surface area contributed by atoms with Crippen LogP contribution in [0.1, 0.15) is 5.76 Å². The highest BCUT2D eigenvalue weighted by atomic mass is 16.6. The molecule has 0 spiro atoms. The van der Waals surface area contributed by atoms with E-state index in [9.17, 15) is 14.9 Å². The van der Waals surface area contributed by atoms with Crippen LogP contribution >= 0.6 is 0 Å². The Bertz CT molecular complexity index is 425. The molecule has 0 bridgehead atoms. The second kappa shape index (κ2) is 4.91. The summed E-state index contributed by atoms with van der Waals surface area (Å²) in [7, 11) is 2.90. The average molecular weight is 226 g/mol. The Balaban J connectivity index is 2.69. The van der Waals surface area contributed by atoms with Gasteiger partial charge in [-0.1, -0.05) is 0 Å².